The predicted octanol–water partition coefficient (Wildman–Crippen LogP) is 1.57. The van der Waals surface area contributed by atoms with Gasteiger partial charge < -0.3 is 5.32 Å². The molecule has 0 aliphatic rings. The van der Waals surface area contributed by atoms with Gasteiger partial charge in [0.2, 0.25) is 15.9 Å². The lowest BCUT2D eigenvalue weighted by Gasteiger charge is -2.13. The average Bonchev–Trinajstić information content (AvgIpc) is 2.44. The molecule has 1 rings (SSSR count). The van der Waals surface area contributed by atoms with Gasteiger partial charge in [0.15, 0.2) is 0 Å². The van der Waals surface area contributed by atoms with Gasteiger partial charge in [0.05, 0.1) is 4.90 Å². The van der Waals surface area contributed by atoms with E-state index in [4.69, 9.17) is 0 Å². The van der Waals surface area contributed by atoms with Crippen molar-refractivity contribution in [2.45, 2.75) is 37.8 Å². The van der Waals surface area contributed by atoms with E-state index in [9.17, 15) is 13.2 Å². The molecular formula is C14H20N2O3S. The summed E-state index contributed by atoms with van der Waals surface area (Å²) < 4.78 is 26.9. The zero-order valence-corrected chi connectivity index (χ0v) is 12.5. The van der Waals surface area contributed by atoms with E-state index in [-0.39, 0.29) is 23.4 Å². The molecular weight excluding hydrogens is 276 g/mol. The fraction of sp³-hybridized carbons (Fsp3) is 0.357. The molecule has 0 fully saturated rings. The van der Waals surface area contributed by atoms with Gasteiger partial charge in [-0.3, -0.25) is 4.79 Å². The van der Waals surface area contributed by atoms with Crippen molar-refractivity contribution in [2.75, 3.05) is 0 Å². The van der Waals surface area contributed by atoms with Crippen molar-refractivity contribution in [1.82, 2.24) is 10.0 Å². The summed E-state index contributed by atoms with van der Waals surface area (Å²) in [7, 11) is -3.52. The fourth-order valence-corrected chi connectivity index (χ4v) is 2.90. The predicted molar refractivity (Wildman–Crippen MR) is 78.6 cm³/mol. The van der Waals surface area contributed by atoms with E-state index in [0.717, 1.165) is 0 Å². The van der Waals surface area contributed by atoms with Crippen molar-refractivity contribution >= 4 is 15.9 Å². The molecule has 1 amide bonds. The second kappa shape index (κ2) is 7.21. The lowest BCUT2D eigenvalue weighted by Crippen LogP contribution is -2.32. The van der Waals surface area contributed by atoms with Gasteiger partial charge in [-0.05, 0) is 37.1 Å². The molecule has 0 aliphatic carbocycles. The van der Waals surface area contributed by atoms with Crippen LogP contribution in [0.5, 0.6) is 0 Å². The van der Waals surface area contributed by atoms with Crippen molar-refractivity contribution < 1.29 is 13.2 Å². The van der Waals surface area contributed by atoms with Crippen LogP contribution in [0.1, 0.15) is 25.8 Å². The summed E-state index contributed by atoms with van der Waals surface area (Å²) in [6.45, 7) is 7.34. The molecule has 0 aromatic heterocycles. The maximum absolute atomic E-state index is 12.1. The summed E-state index contributed by atoms with van der Waals surface area (Å²) in [6.07, 6.45) is 1.89. The Balaban J connectivity index is 2.86. The third kappa shape index (κ3) is 4.79. The topological polar surface area (TPSA) is 75.3 Å². The van der Waals surface area contributed by atoms with Crippen LogP contribution in [0.3, 0.4) is 0 Å². The Hall–Kier alpha value is -1.66. The quantitative estimate of drug-likeness (QED) is 0.750. The Labute approximate surface area is 120 Å². The van der Waals surface area contributed by atoms with Crippen molar-refractivity contribution in [3.05, 3.63) is 42.5 Å². The standard InChI is InChI=1S/C14H20N2O3S/c1-4-11(3)16-20(18,19)13-8-6-7-12(9-13)10-15-14(17)5-2/h5-9,11,16H,2,4,10H2,1,3H3,(H,15,17). The molecule has 20 heavy (non-hydrogen) atoms. The Bertz CT molecular complexity index is 582. The van der Waals surface area contributed by atoms with Crippen LogP contribution in [-0.4, -0.2) is 20.4 Å². The average molecular weight is 296 g/mol. The number of hydrogen-bond donors (Lipinski definition) is 2. The van der Waals surface area contributed by atoms with Crippen LogP contribution in [0.15, 0.2) is 41.8 Å². The van der Waals surface area contributed by atoms with Crippen LogP contribution in [0.25, 0.3) is 0 Å². The normalized spacial score (nSPS) is 12.7. The summed E-state index contributed by atoms with van der Waals surface area (Å²) in [5, 5.41) is 2.61. The van der Waals surface area contributed by atoms with Crippen LogP contribution >= 0.6 is 0 Å². The van der Waals surface area contributed by atoms with Crippen molar-refractivity contribution in [1.29, 1.82) is 0 Å². The van der Waals surface area contributed by atoms with Crippen molar-refractivity contribution in [2.24, 2.45) is 0 Å². The number of carbonyl (C=O) groups is 1. The summed E-state index contributed by atoms with van der Waals surface area (Å²) in [5.41, 5.74) is 0.715. The molecule has 0 saturated heterocycles. The highest BCUT2D eigenvalue weighted by atomic mass is 32.2. The van der Waals surface area contributed by atoms with E-state index >= 15 is 0 Å². The molecule has 6 heteroatoms. The molecule has 0 radical (unpaired) electrons. The maximum Gasteiger partial charge on any atom is 0.243 e. The number of hydrogen-bond acceptors (Lipinski definition) is 3. The molecule has 0 heterocycles. The van der Waals surface area contributed by atoms with Crippen molar-refractivity contribution in [3.8, 4) is 0 Å². The van der Waals surface area contributed by atoms with E-state index in [1.807, 2.05) is 13.8 Å². The van der Waals surface area contributed by atoms with E-state index in [1.54, 1.807) is 18.2 Å². The van der Waals surface area contributed by atoms with Crippen LogP contribution in [0, 0.1) is 0 Å². The number of amides is 1. The highest BCUT2D eigenvalue weighted by molar-refractivity contribution is 7.89. The molecule has 1 atom stereocenters. The van der Waals surface area contributed by atoms with E-state index in [2.05, 4.69) is 16.6 Å². The highest BCUT2D eigenvalue weighted by Gasteiger charge is 2.16. The van der Waals surface area contributed by atoms with E-state index < -0.39 is 10.0 Å². The first-order valence-electron chi connectivity index (χ1n) is 6.40. The van der Waals surface area contributed by atoms with Crippen LogP contribution in [0.2, 0.25) is 0 Å². The Morgan fingerprint density at radius 2 is 2.15 bits per heavy atom. The van der Waals surface area contributed by atoms with E-state index in [0.29, 0.717) is 12.0 Å². The first-order valence-corrected chi connectivity index (χ1v) is 7.89. The van der Waals surface area contributed by atoms with Gasteiger partial charge in [-0.25, -0.2) is 13.1 Å². The number of nitrogens with one attached hydrogen (secondary N) is 2. The summed E-state index contributed by atoms with van der Waals surface area (Å²) in [6, 6.07) is 6.37. The highest BCUT2D eigenvalue weighted by Crippen LogP contribution is 2.12. The molecule has 0 spiro atoms. The zero-order chi connectivity index (χ0) is 15.2. The third-order valence-electron chi connectivity index (χ3n) is 2.83. The molecule has 1 unspecified atom stereocenters. The number of rotatable bonds is 7. The smallest absolute Gasteiger partial charge is 0.243 e. The van der Waals surface area contributed by atoms with Gasteiger partial charge in [0, 0.05) is 12.6 Å². The van der Waals surface area contributed by atoms with Gasteiger partial charge in [-0.2, -0.15) is 0 Å². The molecule has 0 saturated carbocycles. The van der Waals surface area contributed by atoms with Gasteiger partial charge in [-0.15, -0.1) is 0 Å². The first-order chi connectivity index (χ1) is 9.39. The lowest BCUT2D eigenvalue weighted by molar-refractivity contribution is -0.116. The Morgan fingerprint density at radius 1 is 1.45 bits per heavy atom. The van der Waals surface area contributed by atoms with Gasteiger partial charge in [0.1, 0.15) is 0 Å². The minimum atomic E-state index is -3.52. The van der Waals surface area contributed by atoms with Crippen molar-refractivity contribution in [3.63, 3.8) is 0 Å². The monoisotopic (exact) mass is 296 g/mol. The van der Waals surface area contributed by atoms with Gasteiger partial charge in [0.25, 0.3) is 0 Å². The fourth-order valence-electron chi connectivity index (χ4n) is 1.50. The Morgan fingerprint density at radius 3 is 2.75 bits per heavy atom. The second-order valence-electron chi connectivity index (χ2n) is 4.50. The SMILES string of the molecule is C=CC(=O)NCc1cccc(S(=O)(=O)NC(C)CC)c1. The number of benzene rings is 1. The summed E-state index contributed by atoms with van der Waals surface area (Å²) >= 11 is 0. The molecule has 110 valence electrons. The minimum absolute atomic E-state index is 0.121. The molecule has 0 bridgehead atoms. The third-order valence-corrected chi connectivity index (χ3v) is 4.42. The maximum atomic E-state index is 12.1. The molecule has 2 N–H and O–H groups in total. The minimum Gasteiger partial charge on any atom is -0.348 e. The summed E-state index contributed by atoms with van der Waals surface area (Å²) in [5.74, 6) is -0.295. The second-order valence-corrected chi connectivity index (χ2v) is 6.21. The largest absolute Gasteiger partial charge is 0.348 e. The zero-order valence-electron chi connectivity index (χ0n) is 11.7. The lowest BCUT2D eigenvalue weighted by atomic mass is 10.2. The number of carbonyl (C=O) groups excluding carboxylic acids is 1. The van der Waals surface area contributed by atoms with Crippen LogP contribution in [0.4, 0.5) is 0 Å². The molecule has 1 aromatic carbocycles. The van der Waals surface area contributed by atoms with Crippen LogP contribution < -0.4 is 10.0 Å². The van der Waals surface area contributed by atoms with E-state index in [1.165, 1.54) is 12.1 Å². The first kappa shape index (κ1) is 16.4. The molecule has 5 nitrogen and oxygen atoms in total. The van der Waals surface area contributed by atoms with Gasteiger partial charge in [-0.1, -0.05) is 25.6 Å². The molecule has 1 aromatic rings. The number of sulfonamides is 1. The Kier molecular flexibility index (Phi) is 5.91. The molecule has 0 aliphatic heterocycles. The van der Waals surface area contributed by atoms with Gasteiger partial charge >= 0.3 is 0 Å². The summed E-state index contributed by atoms with van der Waals surface area (Å²) in [4.78, 5) is 11.3. The van der Waals surface area contributed by atoms with Crippen LogP contribution in [-0.2, 0) is 21.4 Å².